The smallest absolute Gasteiger partial charge is 0.225 e. The molecule has 21 heavy (non-hydrogen) atoms. The van der Waals surface area contributed by atoms with Crippen LogP contribution in [0.5, 0.6) is 0 Å². The zero-order valence-electron chi connectivity index (χ0n) is 12.7. The number of nitrogens with two attached hydrogens (primary N) is 1. The van der Waals surface area contributed by atoms with Gasteiger partial charge >= 0.3 is 0 Å². The fraction of sp³-hybridized carbons (Fsp3) is 0.438. The summed E-state index contributed by atoms with van der Waals surface area (Å²) < 4.78 is 11.0. The zero-order valence-corrected chi connectivity index (χ0v) is 12.7. The molecule has 0 saturated heterocycles. The molecule has 5 heteroatoms. The lowest BCUT2D eigenvalue weighted by Crippen LogP contribution is -2.35. The number of methoxy groups -OCH3 is 1. The van der Waals surface area contributed by atoms with E-state index in [1.165, 1.54) is 0 Å². The van der Waals surface area contributed by atoms with E-state index >= 15 is 0 Å². The number of amides is 1. The highest BCUT2D eigenvalue weighted by molar-refractivity contribution is 5.79. The molecular formula is C16H22N2O3. The van der Waals surface area contributed by atoms with Crippen molar-refractivity contribution in [2.75, 3.05) is 20.7 Å². The fourth-order valence-electron chi connectivity index (χ4n) is 2.22. The lowest BCUT2D eigenvalue weighted by Gasteiger charge is -2.25. The van der Waals surface area contributed by atoms with Gasteiger partial charge in [0.05, 0.1) is 18.6 Å². The first-order valence-electron chi connectivity index (χ1n) is 7.03. The number of furan rings is 1. The molecule has 1 amide bonds. The van der Waals surface area contributed by atoms with E-state index in [9.17, 15) is 4.79 Å². The maximum absolute atomic E-state index is 12.2. The molecule has 0 aliphatic rings. The Balaban J connectivity index is 2.10. The molecule has 2 atom stereocenters. The van der Waals surface area contributed by atoms with Crippen molar-refractivity contribution in [3.63, 3.8) is 0 Å². The summed E-state index contributed by atoms with van der Waals surface area (Å²) >= 11 is 0. The van der Waals surface area contributed by atoms with E-state index in [0.29, 0.717) is 6.54 Å². The van der Waals surface area contributed by atoms with Crippen molar-refractivity contribution < 1.29 is 13.9 Å². The molecule has 2 unspecified atom stereocenters. The lowest BCUT2D eigenvalue weighted by atomic mass is 10.1. The summed E-state index contributed by atoms with van der Waals surface area (Å²) in [6.45, 7) is 2.27. The van der Waals surface area contributed by atoms with E-state index in [1.54, 1.807) is 19.1 Å². The second-order valence-corrected chi connectivity index (χ2v) is 5.16. The summed E-state index contributed by atoms with van der Waals surface area (Å²) in [5.74, 6) is 0.758. The molecule has 114 valence electrons. The summed E-state index contributed by atoms with van der Waals surface area (Å²) in [4.78, 5) is 13.9. The molecule has 1 heterocycles. The maximum Gasteiger partial charge on any atom is 0.225 e. The van der Waals surface area contributed by atoms with Crippen LogP contribution in [0.25, 0.3) is 11.0 Å². The molecule has 1 aromatic carbocycles. The molecular weight excluding hydrogens is 268 g/mol. The van der Waals surface area contributed by atoms with E-state index in [-0.39, 0.29) is 24.5 Å². The van der Waals surface area contributed by atoms with Gasteiger partial charge in [0.1, 0.15) is 11.3 Å². The van der Waals surface area contributed by atoms with Crippen LogP contribution in [-0.4, -0.2) is 37.6 Å². The van der Waals surface area contributed by atoms with Gasteiger partial charge in [0, 0.05) is 26.1 Å². The largest absolute Gasteiger partial charge is 0.459 e. The minimum absolute atomic E-state index is 0.0137. The first kappa shape index (κ1) is 15.5. The summed E-state index contributed by atoms with van der Waals surface area (Å²) in [7, 11) is 3.33. The first-order valence-corrected chi connectivity index (χ1v) is 7.03. The number of para-hydroxylation sites is 1. The van der Waals surface area contributed by atoms with Gasteiger partial charge in [-0.2, -0.15) is 0 Å². The lowest BCUT2D eigenvalue weighted by molar-refractivity contribution is -0.134. The number of ether oxygens (including phenoxy) is 1. The Hall–Kier alpha value is -1.85. The Morgan fingerprint density at radius 1 is 1.43 bits per heavy atom. The van der Waals surface area contributed by atoms with Gasteiger partial charge in [-0.3, -0.25) is 4.79 Å². The number of hydrogen-bond donors (Lipinski definition) is 1. The van der Waals surface area contributed by atoms with Crippen molar-refractivity contribution in [1.29, 1.82) is 0 Å². The Bertz CT molecular complexity index is 571. The minimum Gasteiger partial charge on any atom is -0.459 e. The van der Waals surface area contributed by atoms with Gasteiger partial charge in [0.15, 0.2) is 0 Å². The molecule has 1 aromatic heterocycles. The number of hydrogen-bond acceptors (Lipinski definition) is 4. The van der Waals surface area contributed by atoms with Gasteiger partial charge in [0.2, 0.25) is 5.91 Å². The fourth-order valence-corrected chi connectivity index (χ4v) is 2.22. The van der Waals surface area contributed by atoms with Gasteiger partial charge < -0.3 is 19.8 Å². The van der Waals surface area contributed by atoms with Crippen LogP contribution in [0.4, 0.5) is 0 Å². The van der Waals surface area contributed by atoms with Crippen molar-refractivity contribution in [2.45, 2.75) is 25.5 Å². The van der Waals surface area contributed by atoms with E-state index in [4.69, 9.17) is 14.9 Å². The van der Waals surface area contributed by atoms with Gasteiger partial charge in [-0.25, -0.2) is 0 Å². The quantitative estimate of drug-likeness (QED) is 0.886. The Morgan fingerprint density at radius 3 is 2.76 bits per heavy atom. The number of rotatable bonds is 6. The van der Waals surface area contributed by atoms with Crippen molar-refractivity contribution in [1.82, 2.24) is 4.90 Å². The molecule has 2 aromatic rings. The second kappa shape index (κ2) is 6.74. The van der Waals surface area contributed by atoms with Crippen molar-refractivity contribution in [3.05, 3.63) is 36.1 Å². The monoisotopic (exact) mass is 290 g/mol. The predicted octanol–water partition coefficient (Wildman–Crippen LogP) is 2.32. The summed E-state index contributed by atoms with van der Waals surface area (Å²) in [5.41, 5.74) is 6.39. The zero-order chi connectivity index (χ0) is 15.4. The number of carbonyl (C=O) groups is 1. The van der Waals surface area contributed by atoms with Gasteiger partial charge in [-0.15, -0.1) is 0 Å². The average molecular weight is 290 g/mol. The van der Waals surface area contributed by atoms with Crippen LogP contribution in [0.3, 0.4) is 0 Å². The van der Waals surface area contributed by atoms with E-state index < -0.39 is 0 Å². The van der Waals surface area contributed by atoms with Crippen LogP contribution in [0.15, 0.2) is 34.7 Å². The predicted molar refractivity (Wildman–Crippen MR) is 81.9 cm³/mol. The number of benzene rings is 1. The number of fused-ring (bicyclic) bond motifs is 1. The molecule has 0 fully saturated rings. The van der Waals surface area contributed by atoms with Crippen LogP contribution in [0.1, 0.15) is 25.1 Å². The van der Waals surface area contributed by atoms with E-state index in [2.05, 4.69) is 0 Å². The molecule has 0 aliphatic heterocycles. The highest BCUT2D eigenvalue weighted by Gasteiger charge is 2.22. The van der Waals surface area contributed by atoms with Crippen LogP contribution >= 0.6 is 0 Å². The summed E-state index contributed by atoms with van der Waals surface area (Å²) in [5, 5.41) is 1.04. The summed E-state index contributed by atoms with van der Waals surface area (Å²) in [6.07, 6.45) is 0.0245. The second-order valence-electron chi connectivity index (χ2n) is 5.16. The molecule has 2 rings (SSSR count). The Morgan fingerprint density at radius 2 is 2.14 bits per heavy atom. The van der Waals surface area contributed by atoms with E-state index in [1.807, 2.05) is 37.3 Å². The molecule has 0 aliphatic carbocycles. The van der Waals surface area contributed by atoms with Crippen molar-refractivity contribution in [3.8, 4) is 0 Å². The van der Waals surface area contributed by atoms with E-state index in [0.717, 1.165) is 16.7 Å². The normalized spacial score (nSPS) is 14.1. The summed E-state index contributed by atoms with van der Waals surface area (Å²) in [6, 6.07) is 9.64. The van der Waals surface area contributed by atoms with Crippen molar-refractivity contribution in [2.24, 2.45) is 5.73 Å². The van der Waals surface area contributed by atoms with Crippen LogP contribution in [-0.2, 0) is 9.53 Å². The molecule has 5 nitrogen and oxygen atoms in total. The third-order valence-electron chi connectivity index (χ3n) is 3.83. The molecule has 0 spiro atoms. The topological polar surface area (TPSA) is 68.7 Å². The van der Waals surface area contributed by atoms with Crippen LogP contribution in [0, 0.1) is 0 Å². The number of nitrogens with zero attached hydrogens (tertiary/aromatic N) is 1. The molecule has 0 bridgehead atoms. The maximum atomic E-state index is 12.2. The molecule has 2 N–H and O–H groups in total. The highest BCUT2D eigenvalue weighted by Crippen LogP contribution is 2.27. The van der Waals surface area contributed by atoms with Gasteiger partial charge in [0.25, 0.3) is 0 Å². The third-order valence-corrected chi connectivity index (χ3v) is 3.83. The minimum atomic E-state index is -0.247. The Labute approximate surface area is 124 Å². The number of carbonyl (C=O) groups excluding carboxylic acids is 1. The van der Waals surface area contributed by atoms with Crippen LogP contribution < -0.4 is 5.73 Å². The Kier molecular flexibility index (Phi) is 4.98. The van der Waals surface area contributed by atoms with Gasteiger partial charge in [-0.05, 0) is 19.1 Å². The highest BCUT2D eigenvalue weighted by atomic mass is 16.5. The molecule has 0 saturated carbocycles. The SMILES string of the molecule is COC(CN)CC(=O)N(C)C(C)c1cc2ccccc2o1. The molecule has 0 radical (unpaired) electrons. The van der Waals surface area contributed by atoms with Crippen LogP contribution in [0.2, 0.25) is 0 Å². The van der Waals surface area contributed by atoms with Crippen molar-refractivity contribution >= 4 is 16.9 Å². The standard InChI is InChI=1S/C16H22N2O3/c1-11(18(2)16(19)9-13(10-17)20-3)15-8-12-6-4-5-7-14(12)21-15/h4-8,11,13H,9-10,17H2,1-3H3. The third kappa shape index (κ3) is 3.43. The van der Waals surface area contributed by atoms with Gasteiger partial charge in [-0.1, -0.05) is 18.2 Å². The average Bonchev–Trinajstić information content (AvgIpc) is 2.94. The first-order chi connectivity index (χ1) is 10.1.